The van der Waals surface area contributed by atoms with Crippen molar-refractivity contribution in [1.29, 1.82) is 0 Å². The number of halogens is 1. The summed E-state index contributed by atoms with van der Waals surface area (Å²) in [6.45, 7) is 0. The molecule has 25 heavy (non-hydrogen) atoms. The zero-order chi connectivity index (χ0) is 17.2. The predicted molar refractivity (Wildman–Crippen MR) is 96.2 cm³/mol. The SMILES string of the molecule is O=C1OC(c2ccccc2)=NC1=Cc1ccc(-c2ccccc2Cl)o1. The van der Waals surface area contributed by atoms with Gasteiger partial charge in [0.1, 0.15) is 11.5 Å². The maximum atomic E-state index is 12.0. The number of aliphatic imine (C=N–C) groups is 1. The standard InChI is InChI=1S/C20H12ClNO3/c21-16-9-5-4-8-15(16)18-11-10-14(24-18)12-17-20(23)25-19(22-17)13-6-2-1-3-7-13/h1-12H. The summed E-state index contributed by atoms with van der Waals surface area (Å²) in [4.78, 5) is 16.3. The Morgan fingerprint density at radius 2 is 1.68 bits per heavy atom. The first-order chi connectivity index (χ1) is 12.2. The van der Waals surface area contributed by atoms with Crippen LogP contribution in [0.2, 0.25) is 5.02 Å². The first-order valence-corrected chi connectivity index (χ1v) is 8.01. The van der Waals surface area contributed by atoms with Gasteiger partial charge in [0.15, 0.2) is 5.70 Å². The molecule has 2 heterocycles. The zero-order valence-corrected chi connectivity index (χ0v) is 13.7. The van der Waals surface area contributed by atoms with Gasteiger partial charge < -0.3 is 9.15 Å². The third-order valence-electron chi connectivity index (χ3n) is 3.69. The molecule has 0 bridgehead atoms. The number of hydrogen-bond donors (Lipinski definition) is 0. The van der Waals surface area contributed by atoms with E-state index in [2.05, 4.69) is 4.99 Å². The lowest BCUT2D eigenvalue weighted by atomic mass is 10.2. The number of benzene rings is 2. The van der Waals surface area contributed by atoms with Crippen LogP contribution in [0.1, 0.15) is 11.3 Å². The Balaban J connectivity index is 1.64. The van der Waals surface area contributed by atoms with Crippen LogP contribution in [-0.4, -0.2) is 11.9 Å². The Labute approximate surface area is 149 Å². The molecule has 5 heteroatoms. The van der Waals surface area contributed by atoms with Crippen LogP contribution >= 0.6 is 11.6 Å². The van der Waals surface area contributed by atoms with E-state index in [-0.39, 0.29) is 11.6 Å². The zero-order valence-electron chi connectivity index (χ0n) is 13.0. The van der Waals surface area contributed by atoms with Crippen LogP contribution in [0.5, 0.6) is 0 Å². The van der Waals surface area contributed by atoms with Crippen molar-refractivity contribution in [3.8, 4) is 11.3 Å². The van der Waals surface area contributed by atoms with Crippen LogP contribution in [0.25, 0.3) is 17.4 Å². The number of ether oxygens (including phenoxy) is 1. The maximum absolute atomic E-state index is 12.0. The molecule has 4 nitrogen and oxygen atoms in total. The molecule has 4 rings (SSSR count). The Hall–Kier alpha value is -3.11. The number of hydrogen-bond acceptors (Lipinski definition) is 4. The fraction of sp³-hybridized carbons (Fsp3) is 0. The molecule has 0 spiro atoms. The second-order valence-corrected chi connectivity index (χ2v) is 5.79. The fourth-order valence-electron chi connectivity index (χ4n) is 2.48. The minimum atomic E-state index is -0.505. The summed E-state index contributed by atoms with van der Waals surface area (Å²) in [5, 5.41) is 0.598. The first kappa shape index (κ1) is 15.4. The number of carbonyl (C=O) groups excluding carboxylic acids is 1. The molecule has 0 atom stereocenters. The van der Waals surface area contributed by atoms with E-state index in [0.29, 0.717) is 16.5 Å². The van der Waals surface area contributed by atoms with E-state index in [1.54, 1.807) is 24.3 Å². The van der Waals surface area contributed by atoms with Crippen LogP contribution in [0.4, 0.5) is 0 Å². The van der Waals surface area contributed by atoms with E-state index in [1.165, 1.54) is 0 Å². The monoisotopic (exact) mass is 349 g/mol. The van der Waals surface area contributed by atoms with Gasteiger partial charge in [-0.15, -0.1) is 0 Å². The second kappa shape index (κ2) is 6.42. The molecule has 0 amide bonds. The fourth-order valence-corrected chi connectivity index (χ4v) is 2.71. The number of carbonyl (C=O) groups is 1. The van der Waals surface area contributed by atoms with E-state index in [4.69, 9.17) is 20.8 Å². The third kappa shape index (κ3) is 3.12. The highest BCUT2D eigenvalue weighted by Gasteiger charge is 2.24. The average molecular weight is 350 g/mol. The summed E-state index contributed by atoms with van der Waals surface area (Å²) < 4.78 is 11.0. The lowest BCUT2D eigenvalue weighted by Gasteiger charge is -1.98. The van der Waals surface area contributed by atoms with Gasteiger partial charge in [0.05, 0.1) is 5.02 Å². The van der Waals surface area contributed by atoms with E-state index >= 15 is 0 Å². The summed E-state index contributed by atoms with van der Waals surface area (Å²) in [6.07, 6.45) is 1.55. The molecule has 122 valence electrons. The number of cyclic esters (lactones) is 1. The van der Waals surface area contributed by atoms with Gasteiger partial charge in [-0.3, -0.25) is 0 Å². The van der Waals surface area contributed by atoms with Crippen LogP contribution < -0.4 is 0 Å². The molecule has 0 saturated heterocycles. The quantitative estimate of drug-likeness (QED) is 0.497. The van der Waals surface area contributed by atoms with Crippen molar-refractivity contribution in [2.75, 3.05) is 0 Å². The molecule has 0 unspecified atom stereocenters. The molecule has 0 N–H and O–H groups in total. The Bertz CT molecular complexity index is 1000. The summed E-state index contributed by atoms with van der Waals surface area (Å²) in [7, 11) is 0. The average Bonchev–Trinajstić information content (AvgIpc) is 3.24. The van der Waals surface area contributed by atoms with Gasteiger partial charge in [-0.25, -0.2) is 9.79 Å². The van der Waals surface area contributed by atoms with Gasteiger partial charge in [-0.05, 0) is 36.4 Å². The van der Waals surface area contributed by atoms with Crippen molar-refractivity contribution < 1.29 is 13.9 Å². The topological polar surface area (TPSA) is 51.8 Å². The van der Waals surface area contributed by atoms with Crippen molar-refractivity contribution in [2.24, 2.45) is 4.99 Å². The Kier molecular flexibility index (Phi) is 3.96. The second-order valence-electron chi connectivity index (χ2n) is 5.38. The highest BCUT2D eigenvalue weighted by molar-refractivity contribution is 6.33. The minimum Gasteiger partial charge on any atom is -0.457 e. The molecular formula is C20H12ClNO3. The third-order valence-corrected chi connectivity index (χ3v) is 4.02. The van der Waals surface area contributed by atoms with Crippen LogP contribution in [0, 0.1) is 0 Å². The minimum absolute atomic E-state index is 0.193. The van der Waals surface area contributed by atoms with Gasteiger partial charge in [0, 0.05) is 17.2 Å². The van der Waals surface area contributed by atoms with Crippen molar-refractivity contribution in [2.45, 2.75) is 0 Å². The van der Waals surface area contributed by atoms with Crippen LogP contribution in [0.3, 0.4) is 0 Å². The molecule has 1 aliphatic rings. The van der Waals surface area contributed by atoms with Crippen molar-refractivity contribution >= 4 is 29.5 Å². The van der Waals surface area contributed by atoms with Crippen LogP contribution in [0.15, 0.2) is 81.8 Å². The van der Waals surface area contributed by atoms with Crippen LogP contribution in [-0.2, 0) is 9.53 Å². The van der Waals surface area contributed by atoms with Crippen molar-refractivity contribution in [3.05, 3.63) is 88.8 Å². The van der Waals surface area contributed by atoms with E-state index < -0.39 is 5.97 Å². The summed E-state index contributed by atoms with van der Waals surface area (Å²) in [6, 6.07) is 20.2. The van der Waals surface area contributed by atoms with Gasteiger partial charge >= 0.3 is 5.97 Å². The molecule has 3 aromatic rings. The molecule has 1 aliphatic heterocycles. The first-order valence-electron chi connectivity index (χ1n) is 7.63. The highest BCUT2D eigenvalue weighted by Crippen LogP contribution is 2.30. The molecule has 1 aromatic heterocycles. The predicted octanol–water partition coefficient (Wildman–Crippen LogP) is 4.94. The Morgan fingerprint density at radius 3 is 2.48 bits per heavy atom. The summed E-state index contributed by atoms with van der Waals surface area (Å²) in [5.74, 6) is 0.903. The highest BCUT2D eigenvalue weighted by atomic mass is 35.5. The number of furan rings is 1. The van der Waals surface area contributed by atoms with E-state index in [1.807, 2.05) is 48.5 Å². The van der Waals surface area contributed by atoms with Gasteiger partial charge in [0.2, 0.25) is 5.90 Å². The number of esters is 1. The number of nitrogens with zero attached hydrogens (tertiary/aromatic N) is 1. The molecule has 2 aromatic carbocycles. The summed E-state index contributed by atoms with van der Waals surface area (Å²) >= 11 is 6.18. The molecule has 0 fully saturated rings. The Morgan fingerprint density at radius 1 is 0.920 bits per heavy atom. The lowest BCUT2D eigenvalue weighted by molar-refractivity contribution is -0.129. The van der Waals surface area contributed by atoms with E-state index in [9.17, 15) is 4.79 Å². The summed E-state index contributed by atoms with van der Waals surface area (Å²) in [5.41, 5.74) is 1.73. The normalized spacial score (nSPS) is 15.3. The molecule has 0 radical (unpaired) electrons. The van der Waals surface area contributed by atoms with Gasteiger partial charge in [-0.2, -0.15) is 0 Å². The largest absolute Gasteiger partial charge is 0.457 e. The maximum Gasteiger partial charge on any atom is 0.363 e. The molecule has 0 saturated carbocycles. The van der Waals surface area contributed by atoms with Gasteiger partial charge in [-0.1, -0.05) is 41.9 Å². The molecular weight excluding hydrogens is 338 g/mol. The lowest BCUT2D eigenvalue weighted by Crippen LogP contribution is -2.04. The number of rotatable bonds is 3. The smallest absolute Gasteiger partial charge is 0.363 e. The van der Waals surface area contributed by atoms with Gasteiger partial charge in [0.25, 0.3) is 0 Å². The molecule has 0 aliphatic carbocycles. The van der Waals surface area contributed by atoms with Crippen molar-refractivity contribution in [1.82, 2.24) is 0 Å². The van der Waals surface area contributed by atoms with Crippen molar-refractivity contribution in [3.63, 3.8) is 0 Å². The van der Waals surface area contributed by atoms with E-state index in [0.717, 1.165) is 11.1 Å².